The highest BCUT2D eigenvalue weighted by Crippen LogP contribution is 2.33. The molecular formula is C15H19Cl2NO. The first kappa shape index (κ1) is 14.7. The zero-order valence-electron chi connectivity index (χ0n) is 11.1. The molecule has 0 fully saturated rings. The van der Waals surface area contributed by atoms with Gasteiger partial charge in [-0.15, -0.1) is 0 Å². The highest BCUT2D eigenvalue weighted by atomic mass is 35.5. The molecule has 1 aliphatic heterocycles. The normalized spacial score (nSPS) is 16.7. The van der Waals surface area contributed by atoms with Gasteiger partial charge in [-0.3, -0.25) is 0 Å². The second-order valence-corrected chi connectivity index (χ2v) is 5.56. The fraction of sp³-hybridized carbons (Fsp3) is 0.467. The van der Waals surface area contributed by atoms with Crippen molar-refractivity contribution < 1.29 is 4.74 Å². The molecule has 0 bridgehead atoms. The molecule has 19 heavy (non-hydrogen) atoms. The first-order valence-electron chi connectivity index (χ1n) is 6.71. The number of ether oxygens (including phenoxy) is 1. The van der Waals surface area contributed by atoms with Gasteiger partial charge < -0.3 is 10.1 Å². The maximum atomic E-state index is 6.33. The monoisotopic (exact) mass is 299 g/mol. The van der Waals surface area contributed by atoms with Crippen LogP contribution in [0.25, 0.3) is 0 Å². The van der Waals surface area contributed by atoms with Crippen molar-refractivity contribution >= 4 is 23.2 Å². The topological polar surface area (TPSA) is 21.3 Å². The van der Waals surface area contributed by atoms with Crippen LogP contribution in [0.3, 0.4) is 0 Å². The van der Waals surface area contributed by atoms with Gasteiger partial charge in [0.15, 0.2) is 0 Å². The second kappa shape index (κ2) is 7.18. The average molecular weight is 300 g/mol. The van der Waals surface area contributed by atoms with Gasteiger partial charge in [0.1, 0.15) is 0 Å². The Morgan fingerprint density at radius 2 is 2.21 bits per heavy atom. The van der Waals surface area contributed by atoms with E-state index < -0.39 is 0 Å². The molecule has 1 aromatic carbocycles. The van der Waals surface area contributed by atoms with E-state index in [-0.39, 0.29) is 6.04 Å². The van der Waals surface area contributed by atoms with Crippen LogP contribution >= 0.6 is 23.2 Å². The maximum absolute atomic E-state index is 6.33. The summed E-state index contributed by atoms with van der Waals surface area (Å²) in [4.78, 5) is 0. The summed E-state index contributed by atoms with van der Waals surface area (Å²) in [5, 5.41) is 4.91. The lowest BCUT2D eigenvalue weighted by molar-refractivity contribution is 0.219. The van der Waals surface area contributed by atoms with E-state index in [4.69, 9.17) is 27.9 Å². The molecule has 0 amide bonds. The van der Waals surface area contributed by atoms with Crippen LogP contribution in [-0.4, -0.2) is 13.2 Å². The summed E-state index contributed by atoms with van der Waals surface area (Å²) in [6.07, 6.45) is 5.05. The number of hydrogen-bond donors (Lipinski definition) is 1. The van der Waals surface area contributed by atoms with E-state index in [1.54, 1.807) is 6.07 Å². The maximum Gasteiger partial charge on any atom is 0.0876 e. The van der Waals surface area contributed by atoms with Crippen LogP contribution in [0.4, 0.5) is 0 Å². The van der Waals surface area contributed by atoms with Crippen molar-refractivity contribution in [1.29, 1.82) is 0 Å². The highest BCUT2D eigenvalue weighted by Gasteiger charge is 2.20. The Hall–Kier alpha value is -0.700. The quantitative estimate of drug-likeness (QED) is 0.849. The van der Waals surface area contributed by atoms with E-state index in [1.807, 2.05) is 18.4 Å². The molecule has 1 aromatic rings. The Labute approximate surface area is 124 Å². The smallest absolute Gasteiger partial charge is 0.0876 e. The lowest BCUT2D eigenvalue weighted by atomic mass is 9.95. The summed E-state index contributed by atoms with van der Waals surface area (Å²) in [5.74, 6) is 0. The Bertz CT molecular complexity index is 459. The molecule has 0 radical (unpaired) electrons. The first-order valence-corrected chi connectivity index (χ1v) is 7.47. The van der Waals surface area contributed by atoms with Crippen LogP contribution in [0.5, 0.6) is 0 Å². The third kappa shape index (κ3) is 3.88. The predicted molar refractivity (Wildman–Crippen MR) is 80.8 cm³/mol. The molecule has 4 heteroatoms. The van der Waals surface area contributed by atoms with Crippen molar-refractivity contribution in [2.45, 2.75) is 32.2 Å². The van der Waals surface area contributed by atoms with Gasteiger partial charge >= 0.3 is 0 Å². The molecule has 1 aliphatic rings. The highest BCUT2D eigenvalue weighted by molar-refractivity contribution is 6.35. The second-order valence-electron chi connectivity index (χ2n) is 4.72. The molecule has 0 aromatic heterocycles. The standard InChI is InChI=1S/C15H19Cl2NO/c1-2-7-18-15(11-4-3-8-19-10-11)13-6-5-12(16)9-14(13)17/h5-6,9-10,15,18H,2-4,7-8H2,1H3. The Morgan fingerprint density at radius 3 is 2.84 bits per heavy atom. The predicted octanol–water partition coefficient (Wildman–Crippen LogP) is 4.73. The zero-order valence-corrected chi connectivity index (χ0v) is 12.6. The van der Waals surface area contributed by atoms with Gasteiger partial charge in [0, 0.05) is 10.0 Å². The van der Waals surface area contributed by atoms with E-state index >= 15 is 0 Å². The molecule has 1 unspecified atom stereocenters. The molecule has 1 atom stereocenters. The van der Waals surface area contributed by atoms with Gasteiger partial charge in [0.2, 0.25) is 0 Å². The van der Waals surface area contributed by atoms with E-state index in [0.717, 1.165) is 38.0 Å². The minimum Gasteiger partial charge on any atom is -0.501 e. The SMILES string of the molecule is CCCNC(C1=COCCC1)c1ccc(Cl)cc1Cl. The third-order valence-corrected chi connectivity index (χ3v) is 3.77. The summed E-state index contributed by atoms with van der Waals surface area (Å²) in [7, 11) is 0. The molecule has 0 saturated heterocycles. The number of halogens is 2. The van der Waals surface area contributed by atoms with Crippen LogP contribution in [-0.2, 0) is 4.74 Å². The Balaban J connectivity index is 2.27. The Kier molecular flexibility index (Phi) is 5.56. The molecule has 2 rings (SSSR count). The molecule has 2 nitrogen and oxygen atoms in total. The van der Waals surface area contributed by atoms with Crippen LogP contribution < -0.4 is 5.32 Å². The summed E-state index contributed by atoms with van der Waals surface area (Å²) < 4.78 is 5.46. The zero-order chi connectivity index (χ0) is 13.7. The molecule has 0 saturated carbocycles. The van der Waals surface area contributed by atoms with Crippen LogP contribution in [0.2, 0.25) is 10.0 Å². The molecule has 0 aliphatic carbocycles. The van der Waals surface area contributed by atoms with E-state index in [0.29, 0.717) is 10.0 Å². The molecule has 1 N–H and O–H groups in total. The minimum atomic E-state index is 0.116. The van der Waals surface area contributed by atoms with Gasteiger partial charge in [-0.25, -0.2) is 0 Å². The van der Waals surface area contributed by atoms with Crippen molar-refractivity contribution in [3.05, 3.63) is 45.6 Å². The molecule has 104 valence electrons. The number of hydrogen-bond acceptors (Lipinski definition) is 2. The fourth-order valence-electron chi connectivity index (χ4n) is 2.26. The van der Waals surface area contributed by atoms with Crippen LogP contribution in [0.15, 0.2) is 30.0 Å². The van der Waals surface area contributed by atoms with Crippen molar-refractivity contribution in [1.82, 2.24) is 5.32 Å². The van der Waals surface area contributed by atoms with E-state index in [9.17, 15) is 0 Å². The van der Waals surface area contributed by atoms with Crippen molar-refractivity contribution in [3.8, 4) is 0 Å². The molecule has 1 heterocycles. The lowest BCUT2D eigenvalue weighted by Crippen LogP contribution is -2.25. The number of rotatable bonds is 5. The van der Waals surface area contributed by atoms with Gasteiger partial charge in [-0.05, 0) is 49.1 Å². The Morgan fingerprint density at radius 1 is 1.37 bits per heavy atom. The van der Waals surface area contributed by atoms with Crippen molar-refractivity contribution in [3.63, 3.8) is 0 Å². The summed E-state index contributed by atoms with van der Waals surface area (Å²) >= 11 is 12.3. The third-order valence-electron chi connectivity index (χ3n) is 3.21. The minimum absolute atomic E-state index is 0.116. The number of benzene rings is 1. The van der Waals surface area contributed by atoms with E-state index in [1.165, 1.54) is 5.57 Å². The average Bonchev–Trinajstić information content (AvgIpc) is 2.42. The van der Waals surface area contributed by atoms with Gasteiger partial charge in [0.05, 0.1) is 18.9 Å². The summed E-state index contributed by atoms with van der Waals surface area (Å²) in [6.45, 7) is 3.90. The molecule has 0 spiro atoms. The first-order chi connectivity index (χ1) is 9.22. The summed E-state index contributed by atoms with van der Waals surface area (Å²) in [5.41, 5.74) is 2.32. The van der Waals surface area contributed by atoms with Gasteiger partial charge in [-0.1, -0.05) is 36.2 Å². The fourth-order valence-corrected chi connectivity index (χ4v) is 2.78. The van der Waals surface area contributed by atoms with Crippen LogP contribution in [0.1, 0.15) is 37.8 Å². The van der Waals surface area contributed by atoms with Crippen LogP contribution in [0, 0.1) is 0 Å². The number of nitrogens with one attached hydrogen (secondary N) is 1. The van der Waals surface area contributed by atoms with Gasteiger partial charge in [0.25, 0.3) is 0 Å². The van der Waals surface area contributed by atoms with E-state index in [2.05, 4.69) is 12.2 Å². The molecular weight excluding hydrogens is 281 g/mol. The lowest BCUT2D eigenvalue weighted by Gasteiger charge is -2.25. The van der Waals surface area contributed by atoms with Crippen molar-refractivity contribution in [2.24, 2.45) is 0 Å². The van der Waals surface area contributed by atoms with Gasteiger partial charge in [-0.2, -0.15) is 0 Å². The largest absolute Gasteiger partial charge is 0.501 e. The summed E-state index contributed by atoms with van der Waals surface area (Å²) in [6, 6.07) is 5.79. The van der Waals surface area contributed by atoms with Crippen molar-refractivity contribution in [2.75, 3.05) is 13.2 Å².